The van der Waals surface area contributed by atoms with Crippen molar-refractivity contribution in [3.8, 4) is 0 Å². The van der Waals surface area contributed by atoms with Crippen LogP contribution in [0.5, 0.6) is 0 Å². The van der Waals surface area contributed by atoms with Crippen molar-refractivity contribution in [2.24, 2.45) is 11.8 Å². The minimum Gasteiger partial charge on any atom is -0.381 e. The minimum absolute atomic E-state index is 0.585. The summed E-state index contributed by atoms with van der Waals surface area (Å²) in [5, 5.41) is 3.73. The van der Waals surface area contributed by atoms with Gasteiger partial charge in [0, 0.05) is 31.2 Å². The number of likely N-dealkylation sites (N-methyl/N-ethyl adjacent to an activating group) is 1. The molecule has 1 rings (SSSR count). The van der Waals surface area contributed by atoms with Gasteiger partial charge in [-0.05, 0) is 45.7 Å². The molecule has 1 aliphatic heterocycles. The highest BCUT2D eigenvalue weighted by Crippen LogP contribution is 2.19. The first-order chi connectivity index (χ1) is 9.04. The van der Waals surface area contributed by atoms with Crippen molar-refractivity contribution < 1.29 is 4.74 Å². The van der Waals surface area contributed by atoms with Crippen LogP contribution in [0.15, 0.2) is 0 Å². The van der Waals surface area contributed by atoms with Crippen molar-refractivity contribution >= 4 is 0 Å². The molecule has 0 spiro atoms. The van der Waals surface area contributed by atoms with E-state index in [0.29, 0.717) is 18.0 Å². The van der Waals surface area contributed by atoms with E-state index in [1.54, 1.807) is 0 Å². The lowest BCUT2D eigenvalue weighted by atomic mass is 9.97. The topological polar surface area (TPSA) is 24.5 Å². The molecule has 0 aromatic carbocycles. The maximum Gasteiger partial charge on any atom is 0.0510 e. The monoisotopic (exact) mass is 270 g/mol. The summed E-state index contributed by atoms with van der Waals surface area (Å²) in [6.07, 6.45) is 3.70. The van der Waals surface area contributed by atoms with Crippen molar-refractivity contribution in [1.82, 2.24) is 10.2 Å². The van der Waals surface area contributed by atoms with E-state index in [2.05, 4.69) is 45.0 Å². The van der Waals surface area contributed by atoms with Crippen LogP contribution in [0.4, 0.5) is 0 Å². The molecule has 0 amide bonds. The van der Waals surface area contributed by atoms with Gasteiger partial charge in [-0.3, -0.25) is 0 Å². The van der Waals surface area contributed by atoms with E-state index in [1.807, 2.05) is 0 Å². The molecular weight excluding hydrogens is 236 g/mol. The van der Waals surface area contributed by atoms with E-state index in [-0.39, 0.29) is 0 Å². The molecule has 0 radical (unpaired) electrons. The fraction of sp³-hybridized carbons (Fsp3) is 1.00. The minimum atomic E-state index is 0.585. The number of rotatable bonds is 9. The Labute approximate surface area is 120 Å². The summed E-state index contributed by atoms with van der Waals surface area (Å²) in [7, 11) is 2.27. The van der Waals surface area contributed by atoms with Crippen molar-refractivity contribution in [2.45, 2.75) is 59.0 Å². The molecule has 0 aliphatic carbocycles. The third-order valence-electron chi connectivity index (χ3n) is 4.24. The van der Waals surface area contributed by atoms with Gasteiger partial charge in [0.15, 0.2) is 0 Å². The number of ether oxygens (including phenoxy) is 1. The fourth-order valence-corrected chi connectivity index (χ4v) is 2.93. The van der Waals surface area contributed by atoms with Crippen LogP contribution in [0.2, 0.25) is 0 Å². The average molecular weight is 270 g/mol. The molecule has 3 nitrogen and oxygen atoms in total. The Morgan fingerprint density at radius 3 is 2.58 bits per heavy atom. The van der Waals surface area contributed by atoms with Crippen LogP contribution >= 0.6 is 0 Å². The largest absolute Gasteiger partial charge is 0.381 e. The first-order valence-corrected chi connectivity index (χ1v) is 8.05. The van der Waals surface area contributed by atoms with Crippen LogP contribution in [0.1, 0.15) is 47.0 Å². The van der Waals surface area contributed by atoms with Gasteiger partial charge >= 0.3 is 0 Å². The molecule has 1 fully saturated rings. The second-order valence-corrected chi connectivity index (χ2v) is 6.60. The SMILES string of the molecule is CCCNC(CN(C)C(C)CC(C)C)C1CCOC1. The predicted molar refractivity (Wildman–Crippen MR) is 82.6 cm³/mol. The van der Waals surface area contributed by atoms with Gasteiger partial charge in [0.05, 0.1) is 6.61 Å². The van der Waals surface area contributed by atoms with Crippen LogP contribution in [-0.4, -0.2) is 50.3 Å². The van der Waals surface area contributed by atoms with Gasteiger partial charge in [-0.25, -0.2) is 0 Å². The maximum absolute atomic E-state index is 5.57. The van der Waals surface area contributed by atoms with Crippen LogP contribution < -0.4 is 5.32 Å². The summed E-state index contributed by atoms with van der Waals surface area (Å²) in [5.41, 5.74) is 0. The van der Waals surface area contributed by atoms with Crippen molar-refractivity contribution in [3.63, 3.8) is 0 Å². The van der Waals surface area contributed by atoms with E-state index < -0.39 is 0 Å². The van der Waals surface area contributed by atoms with Gasteiger partial charge in [0.2, 0.25) is 0 Å². The number of nitrogens with one attached hydrogen (secondary N) is 1. The first-order valence-electron chi connectivity index (χ1n) is 8.05. The van der Waals surface area contributed by atoms with Crippen LogP contribution in [0, 0.1) is 11.8 Å². The molecule has 1 aliphatic rings. The Morgan fingerprint density at radius 1 is 1.32 bits per heavy atom. The van der Waals surface area contributed by atoms with Gasteiger partial charge in [-0.1, -0.05) is 20.8 Å². The van der Waals surface area contributed by atoms with Crippen molar-refractivity contribution in [1.29, 1.82) is 0 Å². The Morgan fingerprint density at radius 2 is 2.05 bits per heavy atom. The lowest BCUT2D eigenvalue weighted by Crippen LogP contribution is -2.47. The summed E-state index contributed by atoms with van der Waals surface area (Å²) < 4.78 is 5.57. The lowest BCUT2D eigenvalue weighted by molar-refractivity contribution is 0.152. The Bertz CT molecular complexity index is 227. The Hall–Kier alpha value is -0.120. The van der Waals surface area contributed by atoms with Crippen molar-refractivity contribution in [2.75, 3.05) is 33.4 Å². The highest BCUT2D eigenvalue weighted by atomic mass is 16.5. The fourth-order valence-electron chi connectivity index (χ4n) is 2.93. The molecule has 0 bridgehead atoms. The standard InChI is InChI=1S/C16H34N2O/c1-6-8-17-16(15-7-9-19-12-15)11-18(5)14(4)10-13(2)3/h13-17H,6-12H2,1-5H3. The third kappa shape index (κ3) is 6.24. The maximum atomic E-state index is 5.57. The number of hydrogen-bond donors (Lipinski definition) is 1. The molecule has 0 aromatic rings. The second-order valence-electron chi connectivity index (χ2n) is 6.60. The van der Waals surface area contributed by atoms with Crippen molar-refractivity contribution in [3.05, 3.63) is 0 Å². The molecule has 114 valence electrons. The van der Waals surface area contributed by atoms with Gasteiger partial charge in [-0.15, -0.1) is 0 Å². The molecule has 0 saturated carbocycles. The quantitative estimate of drug-likeness (QED) is 0.697. The second kappa shape index (κ2) is 8.93. The smallest absolute Gasteiger partial charge is 0.0510 e. The zero-order valence-electron chi connectivity index (χ0n) is 13.6. The van der Waals surface area contributed by atoms with Crippen LogP contribution in [0.25, 0.3) is 0 Å². The molecule has 3 unspecified atom stereocenters. The molecular formula is C16H34N2O. The number of hydrogen-bond acceptors (Lipinski definition) is 3. The molecule has 0 aromatic heterocycles. The van der Waals surface area contributed by atoms with Crippen LogP contribution in [-0.2, 0) is 4.74 Å². The van der Waals surface area contributed by atoms with Gasteiger partial charge in [0.1, 0.15) is 0 Å². The Balaban J connectivity index is 2.45. The van der Waals surface area contributed by atoms with Gasteiger partial charge in [0.25, 0.3) is 0 Å². The summed E-state index contributed by atoms with van der Waals surface area (Å²) in [6, 6.07) is 1.25. The highest BCUT2D eigenvalue weighted by Gasteiger charge is 2.27. The molecule has 3 atom stereocenters. The predicted octanol–water partition coefficient (Wildman–Crippen LogP) is 2.76. The number of nitrogens with zero attached hydrogens (tertiary/aromatic N) is 1. The normalized spacial score (nSPS) is 23.2. The van der Waals surface area contributed by atoms with E-state index in [0.717, 1.165) is 32.2 Å². The zero-order chi connectivity index (χ0) is 14.3. The molecule has 1 heterocycles. The highest BCUT2D eigenvalue weighted by molar-refractivity contribution is 4.83. The van der Waals surface area contributed by atoms with E-state index in [9.17, 15) is 0 Å². The molecule has 1 N–H and O–H groups in total. The third-order valence-corrected chi connectivity index (χ3v) is 4.24. The summed E-state index contributed by atoms with van der Waals surface area (Å²) >= 11 is 0. The average Bonchev–Trinajstić information content (AvgIpc) is 2.86. The van der Waals surface area contributed by atoms with E-state index in [4.69, 9.17) is 4.74 Å². The van der Waals surface area contributed by atoms with E-state index in [1.165, 1.54) is 19.3 Å². The molecule has 3 heteroatoms. The molecule has 1 saturated heterocycles. The van der Waals surface area contributed by atoms with Crippen LogP contribution in [0.3, 0.4) is 0 Å². The zero-order valence-corrected chi connectivity index (χ0v) is 13.6. The van der Waals surface area contributed by atoms with Gasteiger partial charge in [-0.2, -0.15) is 0 Å². The lowest BCUT2D eigenvalue weighted by Gasteiger charge is -2.33. The Kier molecular flexibility index (Phi) is 7.96. The van der Waals surface area contributed by atoms with Gasteiger partial charge < -0.3 is 15.0 Å². The summed E-state index contributed by atoms with van der Waals surface area (Å²) in [4.78, 5) is 2.52. The summed E-state index contributed by atoms with van der Waals surface area (Å²) in [5.74, 6) is 1.47. The first kappa shape index (κ1) is 16.9. The summed E-state index contributed by atoms with van der Waals surface area (Å²) in [6.45, 7) is 13.3. The van der Waals surface area contributed by atoms with E-state index >= 15 is 0 Å². The molecule has 19 heavy (non-hydrogen) atoms.